The zero-order valence-corrected chi connectivity index (χ0v) is 19.6. The van der Waals surface area contributed by atoms with E-state index in [1.54, 1.807) is 54.6 Å². The number of ether oxygens (including phenoxy) is 1. The van der Waals surface area contributed by atoms with Gasteiger partial charge >= 0.3 is 0 Å². The number of hydrogen-bond acceptors (Lipinski definition) is 5. The van der Waals surface area contributed by atoms with E-state index in [0.717, 1.165) is 0 Å². The number of aromatic nitrogens is 1. The van der Waals surface area contributed by atoms with Crippen LogP contribution in [0.2, 0.25) is 0 Å². The highest BCUT2D eigenvalue weighted by Crippen LogP contribution is 2.23. The summed E-state index contributed by atoms with van der Waals surface area (Å²) in [6.07, 6.45) is 1.53. The number of halogens is 1. The van der Waals surface area contributed by atoms with Gasteiger partial charge in [0.1, 0.15) is 11.6 Å². The normalized spacial score (nSPS) is 11.0. The number of rotatable bonds is 8. The monoisotopic (exact) mass is 491 g/mol. The van der Waals surface area contributed by atoms with Crippen LogP contribution >= 0.6 is 0 Å². The molecule has 9 heteroatoms. The molecular formula is C26H22FN3O4S. The van der Waals surface area contributed by atoms with E-state index in [4.69, 9.17) is 4.74 Å². The van der Waals surface area contributed by atoms with Crippen LogP contribution in [0, 0.1) is 5.82 Å². The molecule has 1 amide bonds. The summed E-state index contributed by atoms with van der Waals surface area (Å²) in [6.45, 7) is 0.174. The maximum atomic E-state index is 13.3. The van der Waals surface area contributed by atoms with Crippen LogP contribution in [-0.4, -0.2) is 26.4 Å². The van der Waals surface area contributed by atoms with Gasteiger partial charge in [0.05, 0.1) is 10.6 Å². The fraction of sp³-hybridized carbons (Fsp3) is 0.0769. The molecule has 1 aromatic heterocycles. The SMILES string of the molecule is CN(c1ccccc1)S(=O)(=O)c1cccc(C(=O)NCc2ccc(Oc3cccc(F)c3)nc2)c1. The van der Waals surface area contributed by atoms with Gasteiger partial charge in [0.15, 0.2) is 0 Å². The van der Waals surface area contributed by atoms with Gasteiger partial charge in [0.2, 0.25) is 5.88 Å². The first-order valence-electron chi connectivity index (χ1n) is 10.6. The van der Waals surface area contributed by atoms with E-state index < -0.39 is 21.7 Å². The fourth-order valence-electron chi connectivity index (χ4n) is 3.24. The third-order valence-electron chi connectivity index (χ3n) is 5.14. The first-order valence-corrected chi connectivity index (χ1v) is 12.1. The molecule has 0 bridgehead atoms. The van der Waals surface area contributed by atoms with Crippen molar-refractivity contribution in [3.63, 3.8) is 0 Å². The maximum absolute atomic E-state index is 13.3. The summed E-state index contributed by atoms with van der Waals surface area (Å²) in [5.74, 6) is -0.229. The van der Waals surface area contributed by atoms with Crippen LogP contribution in [-0.2, 0) is 16.6 Å². The number of amides is 1. The molecule has 0 aliphatic heterocycles. The lowest BCUT2D eigenvalue weighted by atomic mass is 10.2. The molecule has 0 aliphatic rings. The molecule has 0 unspecified atom stereocenters. The average Bonchev–Trinajstić information content (AvgIpc) is 2.88. The van der Waals surface area contributed by atoms with E-state index >= 15 is 0 Å². The molecule has 0 radical (unpaired) electrons. The second-order valence-corrected chi connectivity index (χ2v) is 9.55. The fourth-order valence-corrected chi connectivity index (χ4v) is 4.49. The van der Waals surface area contributed by atoms with Crippen LogP contribution in [0.25, 0.3) is 0 Å². The molecule has 7 nitrogen and oxygen atoms in total. The van der Waals surface area contributed by atoms with Crippen molar-refractivity contribution in [1.29, 1.82) is 0 Å². The topological polar surface area (TPSA) is 88.6 Å². The summed E-state index contributed by atoms with van der Waals surface area (Å²) in [5, 5.41) is 2.75. The summed E-state index contributed by atoms with van der Waals surface area (Å²) in [5.41, 5.74) is 1.43. The Bertz CT molecular complexity index is 1430. The van der Waals surface area contributed by atoms with Crippen molar-refractivity contribution in [1.82, 2.24) is 10.3 Å². The number of anilines is 1. The molecular weight excluding hydrogens is 469 g/mol. The molecule has 4 aromatic rings. The lowest BCUT2D eigenvalue weighted by Crippen LogP contribution is -2.27. The summed E-state index contributed by atoms with van der Waals surface area (Å²) < 4.78 is 46.0. The average molecular weight is 492 g/mol. The number of carbonyl (C=O) groups excluding carboxylic acids is 1. The van der Waals surface area contributed by atoms with Crippen LogP contribution in [0.4, 0.5) is 10.1 Å². The van der Waals surface area contributed by atoms with Crippen LogP contribution < -0.4 is 14.4 Å². The van der Waals surface area contributed by atoms with Gasteiger partial charge in [0.25, 0.3) is 15.9 Å². The minimum absolute atomic E-state index is 0.0111. The molecule has 178 valence electrons. The Morgan fingerprint density at radius 2 is 1.74 bits per heavy atom. The van der Waals surface area contributed by atoms with Gasteiger partial charge in [-0.2, -0.15) is 0 Å². The van der Waals surface area contributed by atoms with Crippen molar-refractivity contribution in [2.75, 3.05) is 11.4 Å². The molecule has 1 N–H and O–H groups in total. The Morgan fingerprint density at radius 3 is 2.46 bits per heavy atom. The van der Waals surface area contributed by atoms with Crippen LogP contribution in [0.3, 0.4) is 0 Å². The van der Waals surface area contributed by atoms with E-state index in [1.165, 1.54) is 53.9 Å². The van der Waals surface area contributed by atoms with Crippen molar-refractivity contribution in [2.45, 2.75) is 11.4 Å². The lowest BCUT2D eigenvalue weighted by molar-refractivity contribution is 0.0950. The molecule has 1 heterocycles. The minimum Gasteiger partial charge on any atom is -0.439 e. The van der Waals surface area contributed by atoms with Gasteiger partial charge in [-0.05, 0) is 48.0 Å². The van der Waals surface area contributed by atoms with Crippen molar-refractivity contribution >= 4 is 21.6 Å². The first-order chi connectivity index (χ1) is 16.8. The molecule has 0 saturated carbocycles. The van der Waals surface area contributed by atoms with E-state index in [1.807, 2.05) is 0 Å². The largest absolute Gasteiger partial charge is 0.439 e. The molecule has 0 atom stereocenters. The van der Waals surface area contributed by atoms with Crippen LogP contribution in [0.1, 0.15) is 15.9 Å². The van der Waals surface area contributed by atoms with Gasteiger partial charge in [-0.1, -0.05) is 36.4 Å². The van der Waals surface area contributed by atoms with Crippen molar-refractivity contribution in [2.24, 2.45) is 0 Å². The Morgan fingerprint density at radius 1 is 0.971 bits per heavy atom. The quantitative estimate of drug-likeness (QED) is 0.384. The van der Waals surface area contributed by atoms with E-state index in [-0.39, 0.29) is 22.9 Å². The number of sulfonamides is 1. The van der Waals surface area contributed by atoms with Crippen LogP contribution in [0.5, 0.6) is 11.6 Å². The van der Waals surface area contributed by atoms with Gasteiger partial charge in [0, 0.05) is 37.5 Å². The Hall–Kier alpha value is -4.24. The lowest BCUT2D eigenvalue weighted by Gasteiger charge is -2.19. The first kappa shape index (κ1) is 23.9. The number of carbonyl (C=O) groups is 1. The standard InChI is InChI=1S/C26H22FN3O4S/c1-30(22-9-3-2-4-10-22)35(32,33)24-12-5-7-20(15-24)26(31)29-18-19-13-14-25(28-17-19)34-23-11-6-8-21(27)16-23/h2-17H,18H2,1H3,(H,29,31). The van der Waals surface area contributed by atoms with Crippen molar-refractivity contribution in [3.05, 3.63) is 114 Å². The van der Waals surface area contributed by atoms with E-state index in [9.17, 15) is 17.6 Å². The third-order valence-corrected chi connectivity index (χ3v) is 6.93. The predicted molar refractivity (Wildman–Crippen MR) is 130 cm³/mol. The number of para-hydroxylation sites is 1. The Labute approximate surface area is 202 Å². The molecule has 0 fully saturated rings. The second-order valence-electron chi connectivity index (χ2n) is 7.58. The number of benzene rings is 3. The molecule has 4 rings (SSSR count). The number of nitrogens with one attached hydrogen (secondary N) is 1. The van der Waals surface area contributed by atoms with E-state index in [0.29, 0.717) is 17.0 Å². The molecule has 35 heavy (non-hydrogen) atoms. The van der Waals surface area contributed by atoms with Crippen molar-refractivity contribution < 1.29 is 22.3 Å². The summed E-state index contributed by atoms with van der Waals surface area (Å²) in [7, 11) is -2.38. The predicted octanol–water partition coefficient (Wildman–Crippen LogP) is 4.77. The summed E-state index contributed by atoms with van der Waals surface area (Å²) in [4.78, 5) is 16.9. The highest BCUT2D eigenvalue weighted by Gasteiger charge is 2.22. The number of nitrogens with zero attached hydrogens (tertiary/aromatic N) is 2. The van der Waals surface area contributed by atoms with E-state index in [2.05, 4.69) is 10.3 Å². The maximum Gasteiger partial charge on any atom is 0.264 e. The van der Waals surface area contributed by atoms with Gasteiger partial charge < -0.3 is 10.1 Å². The zero-order valence-electron chi connectivity index (χ0n) is 18.8. The minimum atomic E-state index is -3.84. The zero-order chi connectivity index (χ0) is 24.8. The Balaban J connectivity index is 1.40. The molecule has 0 spiro atoms. The number of pyridine rings is 1. The Kier molecular flexibility index (Phi) is 7.07. The molecule has 0 saturated heterocycles. The van der Waals surface area contributed by atoms with Crippen LogP contribution in [0.15, 0.2) is 102 Å². The second kappa shape index (κ2) is 10.4. The number of hydrogen-bond donors (Lipinski definition) is 1. The highest BCUT2D eigenvalue weighted by atomic mass is 32.2. The molecule has 0 aliphatic carbocycles. The highest BCUT2D eigenvalue weighted by molar-refractivity contribution is 7.92. The third kappa shape index (κ3) is 5.82. The van der Waals surface area contributed by atoms with Crippen molar-refractivity contribution in [3.8, 4) is 11.6 Å². The van der Waals surface area contributed by atoms with Gasteiger partial charge in [-0.15, -0.1) is 0 Å². The summed E-state index contributed by atoms with van der Waals surface area (Å²) >= 11 is 0. The molecule has 3 aromatic carbocycles. The summed E-state index contributed by atoms with van der Waals surface area (Å²) in [6, 6.07) is 23.6. The van der Waals surface area contributed by atoms with Gasteiger partial charge in [-0.3, -0.25) is 9.10 Å². The van der Waals surface area contributed by atoms with Gasteiger partial charge in [-0.25, -0.2) is 17.8 Å². The smallest absolute Gasteiger partial charge is 0.264 e.